The van der Waals surface area contributed by atoms with Crippen LogP contribution in [0.3, 0.4) is 0 Å². The molecule has 0 amide bonds. The normalized spacial score (nSPS) is 17.3. The van der Waals surface area contributed by atoms with Crippen molar-refractivity contribution in [2.75, 3.05) is 4.90 Å². The molecule has 0 N–H and O–H groups in total. The zero-order valence-corrected chi connectivity index (χ0v) is 10.0. The van der Waals surface area contributed by atoms with Crippen LogP contribution >= 0.6 is 0 Å². The summed E-state index contributed by atoms with van der Waals surface area (Å²) in [6, 6.07) is 12.5. The van der Waals surface area contributed by atoms with Crippen LogP contribution in [0.1, 0.15) is 18.3 Å². The first-order valence-corrected chi connectivity index (χ1v) is 5.90. The van der Waals surface area contributed by atoms with Gasteiger partial charge in [0.15, 0.2) is 0 Å². The number of benzene rings is 1. The Balaban J connectivity index is 2.09. The van der Waals surface area contributed by atoms with Gasteiger partial charge in [0.25, 0.3) is 0 Å². The molecular weight excluding hydrogens is 224 g/mol. The van der Waals surface area contributed by atoms with Crippen LogP contribution in [0.5, 0.6) is 0 Å². The minimum absolute atomic E-state index is 0.212. The number of rotatable bonds is 1. The van der Waals surface area contributed by atoms with E-state index in [1.165, 1.54) is 11.3 Å². The highest BCUT2D eigenvalue weighted by Crippen LogP contribution is 2.36. The number of para-hydroxylation sites is 1. The molecule has 0 fully saturated rings. The van der Waals surface area contributed by atoms with E-state index in [1.54, 1.807) is 6.20 Å². The highest BCUT2D eigenvalue weighted by molar-refractivity contribution is 5.68. The van der Waals surface area contributed by atoms with Crippen molar-refractivity contribution in [2.45, 2.75) is 19.4 Å². The Hall–Kier alpha value is -2.41. The third-order valence-electron chi connectivity index (χ3n) is 3.19. The smallest absolute Gasteiger partial charge is 0.234 e. The molecule has 1 unspecified atom stereocenters. The summed E-state index contributed by atoms with van der Waals surface area (Å²) in [5, 5.41) is 8.87. The van der Waals surface area contributed by atoms with Gasteiger partial charge in [0.2, 0.25) is 5.82 Å². The van der Waals surface area contributed by atoms with Crippen LogP contribution in [0, 0.1) is 11.3 Å². The van der Waals surface area contributed by atoms with E-state index in [2.05, 4.69) is 40.0 Å². The molecule has 3 rings (SSSR count). The molecule has 4 heteroatoms. The minimum Gasteiger partial charge on any atom is -0.323 e. The first kappa shape index (κ1) is 10.7. The molecule has 1 atom stereocenters. The Labute approximate surface area is 106 Å². The lowest BCUT2D eigenvalue weighted by Crippen LogP contribution is -2.25. The number of fused-ring (bicyclic) bond motifs is 1. The Kier molecular flexibility index (Phi) is 2.45. The lowest BCUT2D eigenvalue weighted by atomic mass is 10.1. The lowest BCUT2D eigenvalue weighted by molar-refractivity contribution is 0.748. The van der Waals surface area contributed by atoms with Crippen LogP contribution in [0.25, 0.3) is 0 Å². The first-order chi connectivity index (χ1) is 8.79. The molecular formula is C14H12N4. The van der Waals surface area contributed by atoms with Crippen LogP contribution in [-0.2, 0) is 6.42 Å². The molecule has 0 spiro atoms. The molecule has 0 aliphatic carbocycles. The van der Waals surface area contributed by atoms with Crippen molar-refractivity contribution in [3.63, 3.8) is 0 Å². The van der Waals surface area contributed by atoms with Crippen LogP contribution in [0.15, 0.2) is 36.5 Å². The van der Waals surface area contributed by atoms with Crippen LogP contribution < -0.4 is 4.90 Å². The Morgan fingerprint density at radius 2 is 2.17 bits per heavy atom. The fourth-order valence-corrected chi connectivity index (χ4v) is 2.45. The highest BCUT2D eigenvalue weighted by atomic mass is 15.2. The van der Waals surface area contributed by atoms with Gasteiger partial charge in [-0.2, -0.15) is 5.26 Å². The van der Waals surface area contributed by atoms with E-state index in [1.807, 2.05) is 18.2 Å². The van der Waals surface area contributed by atoms with Gasteiger partial charge in [-0.1, -0.05) is 18.2 Å². The molecule has 1 aromatic carbocycles. The molecule has 88 valence electrons. The van der Waals surface area contributed by atoms with Gasteiger partial charge < -0.3 is 4.90 Å². The van der Waals surface area contributed by atoms with Crippen molar-refractivity contribution in [1.82, 2.24) is 9.97 Å². The molecule has 0 saturated carbocycles. The first-order valence-electron chi connectivity index (χ1n) is 5.90. The number of anilines is 2. The van der Waals surface area contributed by atoms with Gasteiger partial charge in [0, 0.05) is 17.9 Å². The van der Waals surface area contributed by atoms with Gasteiger partial charge in [0.1, 0.15) is 11.9 Å². The second kappa shape index (κ2) is 4.11. The zero-order valence-electron chi connectivity index (χ0n) is 10.0. The zero-order chi connectivity index (χ0) is 12.5. The predicted molar refractivity (Wildman–Crippen MR) is 68.5 cm³/mol. The van der Waals surface area contributed by atoms with E-state index in [9.17, 15) is 0 Å². The fraction of sp³-hybridized carbons (Fsp3) is 0.214. The Morgan fingerprint density at radius 3 is 3.00 bits per heavy atom. The standard InChI is InChI=1S/C14H12N4/c1-10-8-11-4-2-3-5-12(11)18(10)14-6-7-16-13(9-15)17-14/h2-7,10H,8H2,1H3. The predicted octanol–water partition coefficient (Wildman–Crippen LogP) is 2.43. The number of nitrogens with zero attached hydrogens (tertiary/aromatic N) is 4. The third-order valence-corrected chi connectivity index (χ3v) is 3.19. The molecule has 18 heavy (non-hydrogen) atoms. The second-order valence-corrected chi connectivity index (χ2v) is 4.40. The van der Waals surface area contributed by atoms with Gasteiger partial charge in [-0.3, -0.25) is 0 Å². The average molecular weight is 236 g/mol. The van der Waals surface area contributed by atoms with Crippen molar-refractivity contribution in [3.05, 3.63) is 47.9 Å². The van der Waals surface area contributed by atoms with Gasteiger partial charge in [0.05, 0.1) is 0 Å². The molecule has 2 aromatic rings. The van der Waals surface area contributed by atoms with Crippen molar-refractivity contribution in [2.24, 2.45) is 0 Å². The van der Waals surface area contributed by atoms with Crippen LogP contribution in [0.4, 0.5) is 11.5 Å². The third kappa shape index (κ3) is 1.61. The van der Waals surface area contributed by atoms with E-state index in [-0.39, 0.29) is 5.82 Å². The molecule has 0 saturated heterocycles. The maximum atomic E-state index is 8.87. The maximum absolute atomic E-state index is 8.87. The summed E-state index contributed by atoms with van der Waals surface area (Å²) in [5.74, 6) is 1.00. The molecule has 1 aromatic heterocycles. The number of aromatic nitrogens is 2. The molecule has 4 nitrogen and oxygen atoms in total. The number of nitriles is 1. The SMILES string of the molecule is CC1Cc2ccccc2N1c1ccnc(C#N)n1. The summed E-state index contributed by atoms with van der Waals surface area (Å²) >= 11 is 0. The summed E-state index contributed by atoms with van der Waals surface area (Å²) in [6.07, 6.45) is 2.64. The number of hydrogen-bond acceptors (Lipinski definition) is 4. The largest absolute Gasteiger partial charge is 0.323 e. The topological polar surface area (TPSA) is 52.8 Å². The monoisotopic (exact) mass is 236 g/mol. The summed E-state index contributed by atoms with van der Waals surface area (Å²) < 4.78 is 0. The summed E-state index contributed by atoms with van der Waals surface area (Å²) in [7, 11) is 0. The Morgan fingerprint density at radius 1 is 1.33 bits per heavy atom. The van der Waals surface area contributed by atoms with E-state index in [0.29, 0.717) is 6.04 Å². The molecule has 2 heterocycles. The van der Waals surface area contributed by atoms with Crippen LogP contribution in [-0.4, -0.2) is 16.0 Å². The summed E-state index contributed by atoms with van der Waals surface area (Å²) in [4.78, 5) is 10.4. The van der Waals surface area contributed by atoms with E-state index >= 15 is 0 Å². The van der Waals surface area contributed by atoms with Crippen molar-refractivity contribution >= 4 is 11.5 Å². The molecule has 0 radical (unpaired) electrons. The second-order valence-electron chi connectivity index (χ2n) is 4.40. The molecule has 0 bridgehead atoms. The minimum atomic E-state index is 0.212. The van der Waals surface area contributed by atoms with Gasteiger partial charge in [-0.05, 0) is 31.0 Å². The summed E-state index contributed by atoms with van der Waals surface area (Å²) in [5.41, 5.74) is 2.50. The van der Waals surface area contributed by atoms with Crippen molar-refractivity contribution in [1.29, 1.82) is 5.26 Å². The van der Waals surface area contributed by atoms with Gasteiger partial charge in [-0.25, -0.2) is 9.97 Å². The van der Waals surface area contributed by atoms with Gasteiger partial charge >= 0.3 is 0 Å². The lowest BCUT2D eigenvalue weighted by Gasteiger charge is -2.23. The summed E-state index contributed by atoms with van der Waals surface area (Å²) in [6.45, 7) is 2.16. The molecule has 1 aliphatic heterocycles. The van der Waals surface area contributed by atoms with E-state index in [0.717, 1.165) is 12.2 Å². The molecule has 1 aliphatic rings. The quantitative estimate of drug-likeness (QED) is 0.763. The van der Waals surface area contributed by atoms with Crippen molar-refractivity contribution < 1.29 is 0 Å². The Bertz CT molecular complexity index is 630. The van der Waals surface area contributed by atoms with Gasteiger partial charge in [-0.15, -0.1) is 0 Å². The van der Waals surface area contributed by atoms with E-state index < -0.39 is 0 Å². The fourth-order valence-electron chi connectivity index (χ4n) is 2.45. The number of hydrogen-bond donors (Lipinski definition) is 0. The van der Waals surface area contributed by atoms with Crippen LogP contribution in [0.2, 0.25) is 0 Å². The average Bonchev–Trinajstić information content (AvgIpc) is 2.74. The maximum Gasteiger partial charge on any atom is 0.234 e. The highest BCUT2D eigenvalue weighted by Gasteiger charge is 2.27. The van der Waals surface area contributed by atoms with Crippen molar-refractivity contribution in [3.8, 4) is 6.07 Å². The van der Waals surface area contributed by atoms with E-state index in [4.69, 9.17) is 5.26 Å².